The van der Waals surface area contributed by atoms with E-state index in [0.717, 1.165) is 30.5 Å². The predicted octanol–water partition coefficient (Wildman–Crippen LogP) is 1.50. The monoisotopic (exact) mass is 373 g/mol. The van der Waals surface area contributed by atoms with Gasteiger partial charge >= 0.3 is 0 Å². The molecule has 1 heterocycles. The van der Waals surface area contributed by atoms with Crippen molar-refractivity contribution < 1.29 is 17.6 Å². The number of hydrogen-bond donors (Lipinski definition) is 2. The molecule has 9 heteroatoms. The number of hydrogen-bond acceptors (Lipinski definition) is 5. The molecular formula is C12H9BrFN3O3S. The number of pyridine rings is 1. The highest BCUT2D eigenvalue weighted by Crippen LogP contribution is 2.32. The summed E-state index contributed by atoms with van der Waals surface area (Å²) >= 11 is 3.02. The number of carbonyl (C=O) groups is 1. The molecule has 2 rings (SSSR count). The van der Waals surface area contributed by atoms with Crippen LogP contribution in [0.1, 0.15) is 10.5 Å². The molecule has 0 unspecified atom stereocenters. The first-order chi connectivity index (χ1) is 9.75. The number of sulfone groups is 1. The second-order valence-corrected chi connectivity index (χ2v) is 6.73. The average molecular weight is 374 g/mol. The molecular weight excluding hydrogens is 365 g/mol. The van der Waals surface area contributed by atoms with Gasteiger partial charge in [0, 0.05) is 6.20 Å². The fourth-order valence-corrected chi connectivity index (χ4v) is 3.83. The Balaban J connectivity index is 2.63. The molecule has 0 aliphatic heterocycles. The molecule has 0 radical (unpaired) electrons. The van der Waals surface area contributed by atoms with Crippen molar-refractivity contribution in [1.29, 1.82) is 0 Å². The Morgan fingerprint density at radius 3 is 2.33 bits per heavy atom. The molecule has 4 N–H and O–H groups in total. The molecule has 0 aliphatic carbocycles. The largest absolute Gasteiger partial charge is 0.396 e. The number of aromatic nitrogens is 1. The fraction of sp³-hybridized carbons (Fsp3) is 0. The fourth-order valence-electron chi connectivity index (χ4n) is 1.61. The number of nitrogens with two attached hydrogens (primary N) is 2. The van der Waals surface area contributed by atoms with Crippen LogP contribution in [-0.4, -0.2) is 19.3 Å². The first-order valence-electron chi connectivity index (χ1n) is 5.49. The molecule has 6 nitrogen and oxygen atoms in total. The van der Waals surface area contributed by atoms with Gasteiger partial charge in [0.25, 0.3) is 5.91 Å². The summed E-state index contributed by atoms with van der Waals surface area (Å²) in [6.07, 6.45) is 0.971. The van der Waals surface area contributed by atoms with Gasteiger partial charge < -0.3 is 11.5 Å². The molecule has 21 heavy (non-hydrogen) atoms. The van der Waals surface area contributed by atoms with E-state index in [9.17, 15) is 17.6 Å². The van der Waals surface area contributed by atoms with Crippen molar-refractivity contribution in [3.05, 3.63) is 46.4 Å². The highest BCUT2D eigenvalue weighted by molar-refractivity contribution is 9.10. The van der Waals surface area contributed by atoms with Crippen LogP contribution in [0.15, 0.2) is 44.7 Å². The third-order valence-corrected chi connectivity index (χ3v) is 5.56. The zero-order chi connectivity index (χ0) is 15.8. The number of carbonyl (C=O) groups excluding carboxylic acids is 1. The number of nitrogens with zero attached hydrogens (tertiary/aromatic N) is 1. The molecule has 0 bridgehead atoms. The van der Waals surface area contributed by atoms with Crippen LogP contribution in [0.5, 0.6) is 0 Å². The number of amides is 1. The summed E-state index contributed by atoms with van der Waals surface area (Å²) in [5.74, 6) is -1.44. The number of rotatable bonds is 3. The molecule has 1 aromatic carbocycles. The summed E-state index contributed by atoms with van der Waals surface area (Å²) in [6, 6.07) is 4.29. The molecule has 110 valence electrons. The van der Waals surface area contributed by atoms with Crippen LogP contribution in [0.2, 0.25) is 0 Å². The van der Waals surface area contributed by atoms with Gasteiger partial charge in [-0.2, -0.15) is 0 Å². The zero-order valence-electron chi connectivity index (χ0n) is 10.4. The molecule has 2 aromatic rings. The molecule has 0 spiro atoms. The minimum Gasteiger partial charge on any atom is -0.396 e. The van der Waals surface area contributed by atoms with E-state index in [1.807, 2.05) is 0 Å². The number of primary amides is 1. The summed E-state index contributed by atoms with van der Waals surface area (Å²) in [5, 5.41) is 0. The van der Waals surface area contributed by atoms with Gasteiger partial charge in [0.2, 0.25) is 9.84 Å². The quantitative estimate of drug-likeness (QED) is 0.790. The third-order valence-electron chi connectivity index (χ3n) is 2.67. The van der Waals surface area contributed by atoms with Crippen molar-refractivity contribution >= 4 is 37.4 Å². The molecule has 0 aliphatic rings. The Morgan fingerprint density at radius 2 is 1.81 bits per heavy atom. The number of nitrogen functional groups attached to an aromatic ring is 1. The highest BCUT2D eigenvalue weighted by atomic mass is 79.9. The van der Waals surface area contributed by atoms with Crippen molar-refractivity contribution in [3.63, 3.8) is 0 Å². The third kappa shape index (κ3) is 2.74. The van der Waals surface area contributed by atoms with Gasteiger partial charge in [0.1, 0.15) is 10.7 Å². The van der Waals surface area contributed by atoms with E-state index in [1.54, 1.807) is 0 Å². The topological polar surface area (TPSA) is 116 Å². The van der Waals surface area contributed by atoms with Crippen LogP contribution in [0.25, 0.3) is 0 Å². The molecule has 1 aromatic heterocycles. The van der Waals surface area contributed by atoms with Crippen LogP contribution >= 0.6 is 15.9 Å². The van der Waals surface area contributed by atoms with Gasteiger partial charge in [0.15, 0.2) is 5.69 Å². The number of benzene rings is 1. The lowest BCUT2D eigenvalue weighted by atomic mass is 10.3. The normalized spacial score (nSPS) is 11.3. The lowest BCUT2D eigenvalue weighted by Crippen LogP contribution is -2.17. The predicted molar refractivity (Wildman–Crippen MR) is 76.7 cm³/mol. The van der Waals surface area contributed by atoms with E-state index in [0.29, 0.717) is 0 Å². The van der Waals surface area contributed by atoms with Gasteiger partial charge in [-0.15, -0.1) is 0 Å². The Bertz CT molecular complexity index is 822. The second kappa shape index (κ2) is 5.41. The average Bonchev–Trinajstić information content (AvgIpc) is 2.41. The van der Waals surface area contributed by atoms with Gasteiger partial charge in [-0.25, -0.2) is 17.8 Å². The molecule has 0 saturated heterocycles. The van der Waals surface area contributed by atoms with Gasteiger partial charge in [-0.3, -0.25) is 4.79 Å². The smallest absolute Gasteiger partial charge is 0.269 e. The lowest BCUT2D eigenvalue weighted by Gasteiger charge is -2.10. The van der Waals surface area contributed by atoms with Crippen molar-refractivity contribution in [2.24, 2.45) is 5.73 Å². The van der Waals surface area contributed by atoms with Crippen molar-refractivity contribution in [3.8, 4) is 0 Å². The first kappa shape index (κ1) is 15.4. The summed E-state index contributed by atoms with van der Waals surface area (Å²) in [6.45, 7) is 0. The summed E-state index contributed by atoms with van der Waals surface area (Å²) in [4.78, 5) is 14.4. The maximum absolute atomic E-state index is 12.9. The Morgan fingerprint density at radius 1 is 1.24 bits per heavy atom. The molecule has 0 saturated carbocycles. The molecule has 1 amide bonds. The van der Waals surface area contributed by atoms with E-state index in [-0.39, 0.29) is 25.6 Å². The Hall–Kier alpha value is -2.00. The zero-order valence-corrected chi connectivity index (χ0v) is 12.8. The van der Waals surface area contributed by atoms with Crippen molar-refractivity contribution in [2.45, 2.75) is 9.79 Å². The number of anilines is 1. The van der Waals surface area contributed by atoms with E-state index in [2.05, 4.69) is 20.9 Å². The highest BCUT2D eigenvalue weighted by Gasteiger charge is 2.25. The Labute approximate surface area is 128 Å². The maximum atomic E-state index is 12.9. The minimum atomic E-state index is -3.96. The van der Waals surface area contributed by atoms with E-state index >= 15 is 0 Å². The maximum Gasteiger partial charge on any atom is 0.269 e. The molecule has 0 atom stereocenters. The van der Waals surface area contributed by atoms with Crippen LogP contribution in [0, 0.1) is 5.82 Å². The van der Waals surface area contributed by atoms with Gasteiger partial charge in [0.05, 0.1) is 15.1 Å². The van der Waals surface area contributed by atoms with Crippen LogP contribution in [-0.2, 0) is 9.84 Å². The van der Waals surface area contributed by atoms with Crippen LogP contribution in [0.3, 0.4) is 0 Å². The van der Waals surface area contributed by atoms with Crippen molar-refractivity contribution in [2.75, 3.05) is 5.73 Å². The summed E-state index contributed by atoms with van der Waals surface area (Å²) in [7, 11) is -3.96. The van der Waals surface area contributed by atoms with Crippen LogP contribution in [0.4, 0.5) is 10.1 Å². The van der Waals surface area contributed by atoms with E-state index in [1.165, 1.54) is 0 Å². The number of halogens is 2. The van der Waals surface area contributed by atoms with Gasteiger partial charge in [-0.1, -0.05) is 0 Å². The standard InChI is InChI=1S/C12H9BrFN3O3S/c13-9-8(5-17-11(10(9)15)12(16)18)21(19,20)7-3-1-6(14)2-4-7/h1-5H,15H2,(H2,16,18). The lowest BCUT2D eigenvalue weighted by molar-refractivity contribution is 0.0996. The summed E-state index contributed by atoms with van der Waals surface area (Å²) < 4.78 is 37.7. The Kier molecular flexibility index (Phi) is 3.97. The first-order valence-corrected chi connectivity index (χ1v) is 7.77. The summed E-state index contributed by atoms with van der Waals surface area (Å²) in [5.41, 5.74) is 10.3. The van der Waals surface area contributed by atoms with Crippen LogP contribution < -0.4 is 11.5 Å². The minimum absolute atomic E-state index is 0.0179. The van der Waals surface area contributed by atoms with E-state index in [4.69, 9.17) is 11.5 Å². The van der Waals surface area contributed by atoms with Gasteiger partial charge in [-0.05, 0) is 40.2 Å². The van der Waals surface area contributed by atoms with Crippen molar-refractivity contribution in [1.82, 2.24) is 4.98 Å². The van der Waals surface area contributed by atoms with E-state index < -0.39 is 21.6 Å². The second-order valence-electron chi connectivity index (χ2n) is 4.02. The molecule has 0 fully saturated rings. The SMILES string of the molecule is NC(=O)c1ncc(S(=O)(=O)c2ccc(F)cc2)c(Br)c1N.